The van der Waals surface area contributed by atoms with Crippen LogP contribution in [0.1, 0.15) is 30.4 Å². The highest BCUT2D eigenvalue weighted by atomic mass is 19.3. The van der Waals surface area contributed by atoms with Crippen molar-refractivity contribution >= 4 is 5.91 Å². The van der Waals surface area contributed by atoms with Gasteiger partial charge in [-0.25, -0.2) is 4.98 Å². The van der Waals surface area contributed by atoms with Crippen molar-refractivity contribution in [3.8, 4) is 5.75 Å². The molecule has 8 heteroatoms. The second-order valence-electron chi connectivity index (χ2n) is 6.00. The zero-order valence-electron chi connectivity index (χ0n) is 13.9. The number of ether oxygens (including phenoxy) is 1. The maximum atomic E-state index is 12.8. The van der Waals surface area contributed by atoms with Crippen molar-refractivity contribution in [1.82, 2.24) is 19.8 Å². The third-order valence-corrected chi connectivity index (χ3v) is 4.08. The number of benzene rings is 1. The van der Waals surface area contributed by atoms with Gasteiger partial charge >= 0.3 is 6.55 Å². The van der Waals surface area contributed by atoms with Crippen LogP contribution in [0.25, 0.3) is 0 Å². The molecule has 0 saturated carbocycles. The van der Waals surface area contributed by atoms with Gasteiger partial charge in [0.2, 0.25) is 5.91 Å². The van der Waals surface area contributed by atoms with E-state index in [-0.39, 0.29) is 30.9 Å². The second-order valence-corrected chi connectivity index (χ2v) is 6.00. The smallest absolute Gasteiger partial charge is 0.319 e. The molecule has 2 aromatic rings. The van der Waals surface area contributed by atoms with Crippen LogP contribution in [0.5, 0.6) is 5.75 Å². The average molecular weight is 350 g/mol. The lowest BCUT2D eigenvalue weighted by Gasteiger charge is -2.27. The number of carbonyl (C=O) groups is 1. The summed E-state index contributed by atoms with van der Waals surface area (Å²) in [5, 5.41) is 2.99. The molecule has 0 spiro atoms. The minimum Gasteiger partial charge on any atom is -0.493 e. The molecule has 0 aliphatic carbocycles. The number of hydrogen-bond donors (Lipinski definition) is 1. The Hall–Kier alpha value is -2.48. The van der Waals surface area contributed by atoms with Crippen molar-refractivity contribution in [2.24, 2.45) is 0 Å². The zero-order chi connectivity index (χ0) is 17.8. The molecule has 2 heterocycles. The molecule has 6 nitrogen and oxygen atoms in total. The van der Waals surface area contributed by atoms with Gasteiger partial charge in [-0.15, -0.1) is 0 Å². The quantitative estimate of drug-likeness (QED) is 0.869. The highest BCUT2D eigenvalue weighted by molar-refractivity contribution is 5.78. The molecule has 134 valence electrons. The first-order valence-electron chi connectivity index (χ1n) is 8.04. The lowest BCUT2D eigenvalue weighted by atomic mass is 10.0. The molecule has 0 bridgehead atoms. The maximum Gasteiger partial charge on any atom is 0.319 e. The Balaban J connectivity index is 1.57. The van der Waals surface area contributed by atoms with Crippen LogP contribution in [0.2, 0.25) is 0 Å². The molecular formula is C17H20F2N4O2. The van der Waals surface area contributed by atoms with Crippen LogP contribution in [-0.4, -0.2) is 40.6 Å². The van der Waals surface area contributed by atoms with Gasteiger partial charge in [-0.2, -0.15) is 8.78 Å². The first-order chi connectivity index (χ1) is 12.0. The number of imidazole rings is 1. The molecule has 1 aromatic carbocycles. The van der Waals surface area contributed by atoms with Crippen LogP contribution in [0, 0.1) is 0 Å². The number of aromatic nitrogens is 2. The molecule has 1 atom stereocenters. The predicted molar refractivity (Wildman–Crippen MR) is 87.3 cm³/mol. The normalized spacial score (nSPS) is 16.6. The molecule has 0 fully saturated rings. The van der Waals surface area contributed by atoms with Crippen LogP contribution in [0.4, 0.5) is 8.78 Å². The summed E-state index contributed by atoms with van der Waals surface area (Å²) in [4.78, 5) is 17.9. The average Bonchev–Trinajstić information content (AvgIpc) is 3.03. The highest BCUT2D eigenvalue weighted by Gasteiger charge is 2.23. The van der Waals surface area contributed by atoms with Gasteiger partial charge in [-0.3, -0.25) is 14.3 Å². The van der Waals surface area contributed by atoms with Crippen LogP contribution in [0.15, 0.2) is 36.7 Å². The van der Waals surface area contributed by atoms with Crippen molar-refractivity contribution in [2.75, 3.05) is 20.2 Å². The SMILES string of the molecule is CN(CC(=O)NC1CCOc2ccccc21)Cc1nccn1C(F)F. The number of likely N-dealkylation sites (N-methyl/N-ethyl adjacent to an activating group) is 1. The summed E-state index contributed by atoms with van der Waals surface area (Å²) < 4.78 is 32.0. The topological polar surface area (TPSA) is 59.4 Å². The Morgan fingerprint density at radius 3 is 3.08 bits per heavy atom. The van der Waals surface area contributed by atoms with E-state index < -0.39 is 6.55 Å². The second kappa shape index (κ2) is 7.60. The molecule has 1 aliphatic rings. The van der Waals surface area contributed by atoms with Gasteiger partial charge in [0.25, 0.3) is 0 Å². The number of nitrogens with one attached hydrogen (secondary N) is 1. The molecule has 25 heavy (non-hydrogen) atoms. The van der Waals surface area contributed by atoms with E-state index >= 15 is 0 Å². The molecule has 1 amide bonds. The molecule has 1 aromatic heterocycles. The minimum absolute atomic E-state index is 0.0929. The number of carbonyl (C=O) groups excluding carboxylic acids is 1. The number of alkyl halides is 2. The zero-order valence-corrected chi connectivity index (χ0v) is 13.9. The van der Waals surface area contributed by atoms with Crippen molar-refractivity contribution < 1.29 is 18.3 Å². The number of para-hydroxylation sites is 1. The van der Waals surface area contributed by atoms with Gasteiger partial charge in [0.1, 0.15) is 11.6 Å². The molecule has 3 rings (SSSR count). The number of nitrogens with zero attached hydrogens (tertiary/aromatic N) is 3. The fourth-order valence-electron chi connectivity index (χ4n) is 2.92. The van der Waals surface area contributed by atoms with Crippen molar-refractivity contribution in [3.63, 3.8) is 0 Å². The fraction of sp³-hybridized carbons (Fsp3) is 0.412. The Morgan fingerprint density at radius 1 is 1.48 bits per heavy atom. The van der Waals surface area contributed by atoms with Gasteiger partial charge < -0.3 is 10.1 Å². The predicted octanol–water partition coefficient (Wildman–Crippen LogP) is 2.35. The molecule has 1 N–H and O–H groups in total. The first-order valence-corrected chi connectivity index (χ1v) is 8.04. The van der Waals surface area contributed by atoms with Crippen molar-refractivity contribution in [3.05, 3.63) is 48.0 Å². The third kappa shape index (κ3) is 4.14. The molecule has 0 saturated heterocycles. The molecule has 1 unspecified atom stereocenters. The van der Waals surface area contributed by atoms with Gasteiger partial charge in [0.15, 0.2) is 0 Å². The van der Waals surface area contributed by atoms with Crippen LogP contribution >= 0.6 is 0 Å². The summed E-state index contributed by atoms with van der Waals surface area (Å²) in [7, 11) is 1.70. The van der Waals surface area contributed by atoms with Crippen LogP contribution in [-0.2, 0) is 11.3 Å². The van der Waals surface area contributed by atoms with Gasteiger partial charge in [-0.1, -0.05) is 18.2 Å². The van der Waals surface area contributed by atoms with Crippen molar-refractivity contribution in [1.29, 1.82) is 0 Å². The summed E-state index contributed by atoms with van der Waals surface area (Å²) in [5.41, 5.74) is 0.956. The van der Waals surface area contributed by atoms with Crippen LogP contribution in [0.3, 0.4) is 0 Å². The third-order valence-electron chi connectivity index (χ3n) is 4.08. The lowest BCUT2D eigenvalue weighted by Crippen LogP contribution is -2.38. The monoisotopic (exact) mass is 350 g/mol. The van der Waals surface area contributed by atoms with Crippen LogP contribution < -0.4 is 10.1 Å². The Bertz CT molecular complexity index is 735. The number of fused-ring (bicyclic) bond motifs is 1. The summed E-state index contributed by atoms with van der Waals surface area (Å²) >= 11 is 0. The van der Waals surface area contributed by atoms with E-state index in [0.717, 1.165) is 15.9 Å². The largest absolute Gasteiger partial charge is 0.493 e. The molecule has 0 radical (unpaired) electrons. The standard InChI is InChI=1S/C17H20F2N4O2/c1-22(10-15-20-7-8-23(15)17(18)19)11-16(24)21-13-6-9-25-14-5-3-2-4-12(13)14/h2-5,7-8,13,17H,6,9-11H2,1H3,(H,21,24). The number of rotatable bonds is 6. The molecular weight excluding hydrogens is 330 g/mol. The summed E-state index contributed by atoms with van der Waals surface area (Å²) in [5.74, 6) is 0.840. The van der Waals surface area contributed by atoms with E-state index in [1.807, 2.05) is 24.3 Å². The van der Waals surface area contributed by atoms with E-state index in [9.17, 15) is 13.6 Å². The number of amides is 1. The van der Waals surface area contributed by atoms with E-state index in [4.69, 9.17) is 4.74 Å². The number of halogens is 2. The van der Waals surface area contributed by atoms with E-state index in [1.54, 1.807) is 11.9 Å². The van der Waals surface area contributed by atoms with Gasteiger partial charge in [0.05, 0.1) is 25.7 Å². The van der Waals surface area contributed by atoms with E-state index in [0.29, 0.717) is 13.0 Å². The summed E-state index contributed by atoms with van der Waals surface area (Å²) in [6, 6.07) is 7.51. The fourth-order valence-corrected chi connectivity index (χ4v) is 2.92. The number of hydrogen-bond acceptors (Lipinski definition) is 4. The Labute approximate surface area is 144 Å². The Kier molecular flexibility index (Phi) is 5.28. The molecule has 1 aliphatic heterocycles. The van der Waals surface area contributed by atoms with Gasteiger partial charge in [0, 0.05) is 24.4 Å². The maximum absolute atomic E-state index is 12.8. The van der Waals surface area contributed by atoms with E-state index in [2.05, 4.69) is 10.3 Å². The minimum atomic E-state index is -2.64. The summed E-state index contributed by atoms with van der Waals surface area (Å²) in [6.45, 7) is -1.84. The Morgan fingerprint density at radius 2 is 2.28 bits per heavy atom. The highest BCUT2D eigenvalue weighted by Crippen LogP contribution is 2.31. The first kappa shape index (κ1) is 17.3. The van der Waals surface area contributed by atoms with Crippen molar-refractivity contribution in [2.45, 2.75) is 25.6 Å². The summed E-state index contributed by atoms with van der Waals surface area (Å²) in [6.07, 6.45) is 3.25. The van der Waals surface area contributed by atoms with Gasteiger partial charge in [-0.05, 0) is 13.1 Å². The lowest BCUT2D eigenvalue weighted by molar-refractivity contribution is -0.123. The van der Waals surface area contributed by atoms with E-state index in [1.165, 1.54) is 12.4 Å².